The Hall–Kier alpha value is -0.492. The first-order valence-electron chi connectivity index (χ1n) is 5.30. The van der Waals surface area contributed by atoms with Crippen LogP contribution in [-0.4, -0.2) is 50.6 Å². The molecule has 0 saturated carbocycles. The number of hydrogen-bond donors (Lipinski definition) is 2. The zero-order valence-electron chi connectivity index (χ0n) is 10.7. The van der Waals surface area contributed by atoms with E-state index in [4.69, 9.17) is 11.5 Å². The van der Waals surface area contributed by atoms with Crippen LogP contribution in [0.3, 0.4) is 0 Å². The van der Waals surface area contributed by atoms with Gasteiger partial charge in [-0.2, -0.15) is 0 Å². The van der Waals surface area contributed by atoms with Gasteiger partial charge in [0.1, 0.15) is 0 Å². The van der Waals surface area contributed by atoms with Crippen LogP contribution in [-0.2, 0) is 30.7 Å². The van der Waals surface area contributed by atoms with Crippen LogP contribution in [0, 0.1) is 5.92 Å². The number of hydrogen-bond acceptors (Lipinski definition) is 7. The molecule has 0 heterocycles. The number of nitrogens with two attached hydrogens (primary N) is 2. The molecule has 0 amide bonds. The largest absolute Gasteiger partial charge is 2.00 e. The summed E-state index contributed by atoms with van der Waals surface area (Å²) in [6.07, 6.45) is -0.209. The van der Waals surface area contributed by atoms with E-state index in [1.165, 1.54) is 0 Å². The van der Waals surface area contributed by atoms with Crippen molar-refractivity contribution in [2.24, 2.45) is 17.4 Å². The minimum absolute atomic E-state index is 0. The van der Waals surface area contributed by atoms with E-state index < -0.39 is 24.3 Å². The van der Waals surface area contributed by atoms with Crippen LogP contribution in [0.1, 0.15) is 12.8 Å². The van der Waals surface area contributed by atoms with Gasteiger partial charge in [-0.15, -0.1) is 0 Å². The summed E-state index contributed by atoms with van der Waals surface area (Å²) in [6, 6.07) is 0. The standard InChI is InChI=1S/C8H15NO4.C2H8N2.Pt/c1-9(2)4-3-6(8(12)13)5-7(10)11;3-1-2-4;/h6H,3-5H2,1-2H3,(H,10,11)(H,12,13);1-4H2;/q;;+2/p-2. The summed E-state index contributed by atoms with van der Waals surface area (Å²) >= 11 is 0. The number of carboxylic acids is 2. The average Bonchev–Trinajstić information content (AvgIpc) is 2.23. The molecule has 0 aliphatic rings. The van der Waals surface area contributed by atoms with Gasteiger partial charge in [-0.25, -0.2) is 0 Å². The van der Waals surface area contributed by atoms with E-state index in [1.807, 2.05) is 0 Å². The van der Waals surface area contributed by atoms with E-state index in [2.05, 4.69) is 0 Å². The van der Waals surface area contributed by atoms with Gasteiger partial charge in [0.25, 0.3) is 0 Å². The Morgan fingerprint density at radius 3 is 1.83 bits per heavy atom. The molecule has 1 unspecified atom stereocenters. The maximum atomic E-state index is 10.4. The van der Waals surface area contributed by atoms with Crippen molar-refractivity contribution >= 4 is 11.9 Å². The summed E-state index contributed by atoms with van der Waals surface area (Å²) in [7, 11) is 3.57. The normalized spacial score (nSPS) is 10.9. The van der Waals surface area contributed by atoms with Gasteiger partial charge in [-0.05, 0) is 33.5 Å². The van der Waals surface area contributed by atoms with E-state index >= 15 is 0 Å². The maximum Gasteiger partial charge on any atom is 2.00 e. The van der Waals surface area contributed by atoms with Crippen molar-refractivity contribution in [2.75, 3.05) is 33.7 Å². The molecule has 0 spiro atoms. The molecular weight excluding hydrogens is 421 g/mol. The van der Waals surface area contributed by atoms with Gasteiger partial charge in [0.2, 0.25) is 0 Å². The van der Waals surface area contributed by atoms with Crippen LogP contribution in [0.2, 0.25) is 0 Å². The van der Waals surface area contributed by atoms with Crippen LogP contribution >= 0.6 is 0 Å². The summed E-state index contributed by atoms with van der Waals surface area (Å²) < 4.78 is 0. The molecule has 7 nitrogen and oxygen atoms in total. The zero-order valence-corrected chi connectivity index (χ0v) is 12.9. The van der Waals surface area contributed by atoms with E-state index in [-0.39, 0.29) is 27.5 Å². The van der Waals surface area contributed by atoms with Gasteiger partial charge in [-0.3, -0.25) is 0 Å². The molecule has 0 aromatic heterocycles. The van der Waals surface area contributed by atoms with E-state index in [0.717, 1.165) is 0 Å². The fraction of sp³-hybridized carbons (Fsp3) is 0.800. The molecule has 110 valence electrons. The quantitative estimate of drug-likeness (QED) is 0.415. The third kappa shape index (κ3) is 17.9. The van der Waals surface area contributed by atoms with E-state index in [1.54, 1.807) is 19.0 Å². The first kappa shape index (κ1) is 22.7. The van der Waals surface area contributed by atoms with Crippen molar-refractivity contribution in [1.29, 1.82) is 0 Å². The third-order valence-corrected chi connectivity index (χ3v) is 1.84. The van der Waals surface area contributed by atoms with Crippen LogP contribution < -0.4 is 21.7 Å². The molecule has 1 atom stereocenters. The third-order valence-electron chi connectivity index (χ3n) is 1.84. The first-order valence-corrected chi connectivity index (χ1v) is 5.30. The monoisotopic (exact) mass is 442 g/mol. The molecule has 8 heteroatoms. The maximum absolute atomic E-state index is 10.4. The molecule has 0 aliphatic heterocycles. The summed E-state index contributed by atoms with van der Waals surface area (Å²) in [5.74, 6) is -3.63. The molecule has 18 heavy (non-hydrogen) atoms. The Kier molecular flexibility index (Phi) is 18.3. The molecule has 0 aliphatic carbocycles. The molecule has 0 aromatic carbocycles. The van der Waals surface area contributed by atoms with Crippen molar-refractivity contribution in [1.82, 2.24) is 4.90 Å². The zero-order chi connectivity index (χ0) is 13.8. The van der Waals surface area contributed by atoms with Gasteiger partial charge in [0, 0.05) is 30.9 Å². The number of carboxylic acid groups (broad SMARTS) is 2. The van der Waals surface area contributed by atoms with Crippen molar-refractivity contribution in [2.45, 2.75) is 12.8 Å². The van der Waals surface area contributed by atoms with Crippen molar-refractivity contribution in [3.8, 4) is 0 Å². The second-order valence-corrected chi connectivity index (χ2v) is 3.76. The molecular formula is C10H21N3O4Pt. The minimum atomic E-state index is -1.35. The number of carbonyl (C=O) groups excluding carboxylic acids is 2. The smallest absolute Gasteiger partial charge is 0.550 e. The van der Waals surface area contributed by atoms with E-state index in [9.17, 15) is 19.8 Å². The Morgan fingerprint density at radius 1 is 1.17 bits per heavy atom. The predicted molar refractivity (Wildman–Crippen MR) is 59.4 cm³/mol. The molecule has 0 fully saturated rings. The Balaban J connectivity index is -0.000000392. The molecule has 4 N–H and O–H groups in total. The summed E-state index contributed by atoms with van der Waals surface area (Å²) in [5, 5.41) is 20.6. The molecule has 0 bridgehead atoms. The number of nitrogens with zero attached hydrogens (tertiary/aromatic N) is 1. The Labute approximate surface area is 122 Å². The van der Waals surface area contributed by atoms with Crippen LogP contribution in [0.5, 0.6) is 0 Å². The Morgan fingerprint density at radius 2 is 1.61 bits per heavy atom. The second kappa shape index (κ2) is 14.6. The second-order valence-electron chi connectivity index (χ2n) is 3.76. The predicted octanol–water partition coefficient (Wildman–Crippen LogP) is -3.65. The van der Waals surface area contributed by atoms with Crippen LogP contribution in [0.25, 0.3) is 0 Å². The minimum Gasteiger partial charge on any atom is -0.550 e. The number of carbonyl (C=O) groups is 2. The number of aliphatic carboxylic acids is 2. The molecule has 0 radical (unpaired) electrons. The van der Waals surface area contributed by atoms with Crippen LogP contribution in [0.4, 0.5) is 0 Å². The number of rotatable bonds is 7. The van der Waals surface area contributed by atoms with Gasteiger partial charge >= 0.3 is 21.1 Å². The van der Waals surface area contributed by atoms with Gasteiger partial charge < -0.3 is 36.2 Å². The van der Waals surface area contributed by atoms with Crippen molar-refractivity contribution < 1.29 is 40.9 Å². The first-order chi connectivity index (χ1) is 7.84. The fourth-order valence-electron chi connectivity index (χ4n) is 0.918. The topological polar surface area (TPSA) is 136 Å². The molecule has 0 rings (SSSR count). The fourth-order valence-corrected chi connectivity index (χ4v) is 0.918. The van der Waals surface area contributed by atoms with Gasteiger partial charge in [-0.1, -0.05) is 0 Å². The molecule has 0 saturated heterocycles. The summed E-state index contributed by atoms with van der Waals surface area (Å²) in [6.45, 7) is 1.71. The van der Waals surface area contributed by atoms with Gasteiger partial charge in [0.15, 0.2) is 0 Å². The van der Waals surface area contributed by atoms with E-state index in [0.29, 0.717) is 19.6 Å². The average molecular weight is 442 g/mol. The summed E-state index contributed by atoms with van der Waals surface area (Å²) in [5.41, 5.74) is 9.81. The molecule has 0 aromatic rings. The Bertz CT molecular complexity index is 225. The van der Waals surface area contributed by atoms with Crippen molar-refractivity contribution in [3.63, 3.8) is 0 Å². The SMILES string of the molecule is CN(C)CCC(CC(=O)[O-])C(=O)[O-].NCCN.[Pt+2]. The van der Waals surface area contributed by atoms with Crippen molar-refractivity contribution in [3.05, 3.63) is 0 Å². The summed E-state index contributed by atoms with van der Waals surface area (Å²) in [4.78, 5) is 22.4. The van der Waals surface area contributed by atoms with Crippen LogP contribution in [0.15, 0.2) is 0 Å². The van der Waals surface area contributed by atoms with Gasteiger partial charge in [0.05, 0.1) is 0 Å².